The Balaban J connectivity index is 2.03. The Hall–Kier alpha value is -2.53. The van der Waals surface area contributed by atoms with E-state index in [0.29, 0.717) is 11.6 Å². The summed E-state index contributed by atoms with van der Waals surface area (Å²) in [5.74, 6) is 7.68. The molecule has 1 aliphatic carbocycles. The summed E-state index contributed by atoms with van der Waals surface area (Å²) >= 11 is 0. The first kappa shape index (κ1) is 22.2. The van der Waals surface area contributed by atoms with E-state index in [1.807, 2.05) is 63.2 Å². The molecule has 5 nitrogen and oxygen atoms in total. The molecule has 2 aromatic rings. The molecule has 0 unspecified atom stereocenters. The Morgan fingerprint density at radius 3 is 2.37 bits per heavy atom. The zero-order chi connectivity index (χ0) is 21.7. The predicted octanol–water partition coefficient (Wildman–Crippen LogP) is 6.10. The first-order chi connectivity index (χ1) is 14.3. The van der Waals surface area contributed by atoms with Gasteiger partial charge in [-0.05, 0) is 56.4 Å². The number of methoxy groups -OCH3 is 1. The largest absolute Gasteiger partial charge is 0.496 e. The standard InChI is InChI=1S/C25H34N2O3/c1-25(2,3)30-24(28)27(26)21-16-20(15-18-11-7-5-8-12-18)23(29-4)22(17-21)19-13-9-6-10-14-19/h6,9-10,13-14,16-18H,5,7-8,11-12,15,26H2,1-4H3. The van der Waals surface area contributed by atoms with Crippen LogP contribution < -0.4 is 15.6 Å². The highest BCUT2D eigenvalue weighted by atomic mass is 16.6. The summed E-state index contributed by atoms with van der Waals surface area (Å²) in [4.78, 5) is 12.6. The summed E-state index contributed by atoms with van der Waals surface area (Å²) in [6.45, 7) is 5.49. The highest BCUT2D eigenvalue weighted by molar-refractivity contribution is 5.89. The summed E-state index contributed by atoms with van der Waals surface area (Å²) in [6, 6.07) is 13.9. The summed E-state index contributed by atoms with van der Waals surface area (Å²) in [5, 5.41) is 1.10. The number of amides is 1. The maximum absolute atomic E-state index is 12.6. The lowest BCUT2D eigenvalue weighted by Crippen LogP contribution is -2.41. The average Bonchev–Trinajstić information content (AvgIpc) is 2.72. The molecule has 0 bridgehead atoms. The van der Waals surface area contributed by atoms with Crippen molar-refractivity contribution in [3.63, 3.8) is 0 Å². The first-order valence-corrected chi connectivity index (χ1v) is 10.8. The second-order valence-electron chi connectivity index (χ2n) is 9.11. The number of rotatable bonds is 5. The van der Waals surface area contributed by atoms with Crippen LogP contribution in [-0.2, 0) is 11.2 Å². The van der Waals surface area contributed by atoms with E-state index in [9.17, 15) is 4.79 Å². The Labute approximate surface area is 180 Å². The Kier molecular flexibility index (Phi) is 7.03. The third-order valence-corrected chi connectivity index (χ3v) is 5.54. The normalized spacial score (nSPS) is 15.0. The fraction of sp³-hybridized carbons (Fsp3) is 0.480. The van der Waals surface area contributed by atoms with Crippen LogP contribution in [0.2, 0.25) is 0 Å². The fourth-order valence-electron chi connectivity index (χ4n) is 4.15. The number of ether oxygens (including phenoxy) is 2. The van der Waals surface area contributed by atoms with Crippen LogP contribution in [0.1, 0.15) is 58.4 Å². The van der Waals surface area contributed by atoms with Crippen molar-refractivity contribution in [2.45, 2.75) is 64.9 Å². The Bertz CT molecular complexity index is 853. The van der Waals surface area contributed by atoms with Gasteiger partial charge in [-0.25, -0.2) is 15.6 Å². The van der Waals surface area contributed by atoms with Gasteiger partial charge in [0, 0.05) is 5.56 Å². The van der Waals surface area contributed by atoms with Crippen LogP contribution in [0.4, 0.5) is 10.5 Å². The minimum Gasteiger partial charge on any atom is -0.496 e. The number of nitrogens with zero attached hydrogens (tertiary/aromatic N) is 1. The number of nitrogens with two attached hydrogens (primary N) is 1. The molecule has 0 heterocycles. The van der Waals surface area contributed by atoms with Crippen molar-refractivity contribution in [1.29, 1.82) is 0 Å². The van der Waals surface area contributed by atoms with E-state index in [1.54, 1.807) is 7.11 Å². The summed E-state index contributed by atoms with van der Waals surface area (Å²) in [7, 11) is 1.71. The highest BCUT2D eigenvalue weighted by Gasteiger charge is 2.25. The molecular weight excluding hydrogens is 376 g/mol. The number of carbonyl (C=O) groups is 1. The lowest BCUT2D eigenvalue weighted by atomic mass is 9.84. The van der Waals surface area contributed by atoms with Crippen molar-refractivity contribution in [2.75, 3.05) is 12.1 Å². The molecular formula is C25H34N2O3. The van der Waals surface area contributed by atoms with E-state index in [2.05, 4.69) is 0 Å². The van der Waals surface area contributed by atoms with Gasteiger partial charge < -0.3 is 9.47 Å². The number of hydrazine groups is 1. The van der Waals surface area contributed by atoms with Gasteiger partial charge in [0.25, 0.3) is 0 Å². The van der Waals surface area contributed by atoms with Crippen molar-refractivity contribution in [1.82, 2.24) is 0 Å². The molecule has 2 N–H and O–H groups in total. The van der Waals surface area contributed by atoms with Gasteiger partial charge in [-0.15, -0.1) is 0 Å². The minimum absolute atomic E-state index is 0.574. The van der Waals surface area contributed by atoms with Gasteiger partial charge >= 0.3 is 6.09 Å². The van der Waals surface area contributed by atoms with E-state index in [-0.39, 0.29) is 0 Å². The van der Waals surface area contributed by atoms with Crippen molar-refractivity contribution >= 4 is 11.8 Å². The number of hydrogen-bond acceptors (Lipinski definition) is 4. The van der Waals surface area contributed by atoms with Crippen molar-refractivity contribution < 1.29 is 14.3 Å². The van der Waals surface area contributed by atoms with Crippen LogP contribution in [0.3, 0.4) is 0 Å². The SMILES string of the molecule is COc1c(CC2CCCCC2)cc(N(N)C(=O)OC(C)(C)C)cc1-c1ccccc1. The van der Waals surface area contributed by atoms with Crippen molar-refractivity contribution in [3.05, 3.63) is 48.0 Å². The van der Waals surface area contributed by atoms with E-state index in [4.69, 9.17) is 15.3 Å². The highest BCUT2D eigenvalue weighted by Crippen LogP contribution is 2.39. The third-order valence-electron chi connectivity index (χ3n) is 5.54. The molecule has 0 radical (unpaired) electrons. The predicted molar refractivity (Wildman–Crippen MR) is 122 cm³/mol. The van der Waals surface area contributed by atoms with Crippen molar-refractivity contribution in [3.8, 4) is 16.9 Å². The maximum Gasteiger partial charge on any atom is 0.429 e. The summed E-state index contributed by atoms with van der Waals surface area (Å²) in [5.41, 5.74) is 3.03. The van der Waals surface area contributed by atoms with E-state index in [1.165, 1.54) is 32.1 Å². The van der Waals surface area contributed by atoms with Gasteiger partial charge in [-0.2, -0.15) is 0 Å². The van der Waals surface area contributed by atoms with Crippen LogP contribution >= 0.6 is 0 Å². The van der Waals surface area contributed by atoms with Gasteiger partial charge in [0.1, 0.15) is 11.4 Å². The zero-order valence-corrected chi connectivity index (χ0v) is 18.6. The lowest BCUT2D eigenvalue weighted by molar-refractivity contribution is 0.0580. The van der Waals surface area contributed by atoms with E-state index < -0.39 is 11.7 Å². The Morgan fingerprint density at radius 2 is 1.77 bits per heavy atom. The monoisotopic (exact) mass is 410 g/mol. The summed E-state index contributed by atoms with van der Waals surface area (Å²) in [6.07, 6.45) is 6.67. The van der Waals surface area contributed by atoms with Crippen LogP contribution in [-0.4, -0.2) is 18.8 Å². The molecule has 2 aromatic carbocycles. The van der Waals surface area contributed by atoms with Crippen LogP contribution in [0, 0.1) is 5.92 Å². The molecule has 0 aromatic heterocycles. The molecule has 0 atom stereocenters. The minimum atomic E-state index is -0.617. The number of carbonyl (C=O) groups excluding carboxylic acids is 1. The molecule has 1 fully saturated rings. The molecule has 0 aliphatic heterocycles. The van der Waals surface area contributed by atoms with Crippen LogP contribution in [0.15, 0.2) is 42.5 Å². The average molecular weight is 411 g/mol. The maximum atomic E-state index is 12.6. The third kappa shape index (κ3) is 5.54. The topological polar surface area (TPSA) is 64.8 Å². The van der Waals surface area contributed by atoms with Crippen LogP contribution in [0.5, 0.6) is 5.75 Å². The second-order valence-corrected chi connectivity index (χ2v) is 9.11. The molecule has 1 amide bonds. The zero-order valence-electron chi connectivity index (χ0n) is 18.6. The molecule has 3 rings (SSSR count). The van der Waals surface area contributed by atoms with Gasteiger partial charge in [0.15, 0.2) is 0 Å². The molecule has 1 aliphatic rings. The summed E-state index contributed by atoms with van der Waals surface area (Å²) < 4.78 is 11.3. The number of hydrogen-bond donors (Lipinski definition) is 1. The number of anilines is 1. The Morgan fingerprint density at radius 1 is 1.10 bits per heavy atom. The lowest BCUT2D eigenvalue weighted by Gasteiger charge is -2.27. The van der Waals surface area contributed by atoms with Crippen LogP contribution in [0.25, 0.3) is 11.1 Å². The molecule has 30 heavy (non-hydrogen) atoms. The van der Waals surface area contributed by atoms with Gasteiger partial charge in [0.05, 0.1) is 12.8 Å². The molecule has 5 heteroatoms. The van der Waals surface area contributed by atoms with Gasteiger partial charge in [-0.3, -0.25) is 0 Å². The second kappa shape index (κ2) is 9.52. The number of benzene rings is 2. The quantitative estimate of drug-likeness (QED) is 0.367. The van der Waals surface area contributed by atoms with E-state index in [0.717, 1.165) is 33.9 Å². The van der Waals surface area contributed by atoms with Gasteiger partial charge in [-0.1, -0.05) is 62.4 Å². The molecule has 0 spiro atoms. The molecule has 0 saturated heterocycles. The molecule has 162 valence electrons. The smallest absolute Gasteiger partial charge is 0.429 e. The van der Waals surface area contributed by atoms with E-state index >= 15 is 0 Å². The fourth-order valence-corrected chi connectivity index (χ4v) is 4.15. The van der Waals surface area contributed by atoms with Crippen molar-refractivity contribution in [2.24, 2.45) is 11.8 Å². The van der Waals surface area contributed by atoms with Gasteiger partial charge in [0.2, 0.25) is 0 Å². The first-order valence-electron chi connectivity index (χ1n) is 10.8. The molecule has 1 saturated carbocycles.